The Balaban J connectivity index is 3.00. The molecule has 0 aliphatic carbocycles. The summed E-state index contributed by atoms with van der Waals surface area (Å²) < 4.78 is 10.7. The van der Waals surface area contributed by atoms with Gasteiger partial charge < -0.3 is 29.9 Å². The van der Waals surface area contributed by atoms with Crippen molar-refractivity contribution in [2.24, 2.45) is 11.8 Å². The van der Waals surface area contributed by atoms with Crippen molar-refractivity contribution < 1.29 is 39.5 Å². The molecule has 8 atom stereocenters. The van der Waals surface area contributed by atoms with Crippen molar-refractivity contribution in [2.75, 3.05) is 0 Å². The third-order valence-corrected chi connectivity index (χ3v) is 5.38. The van der Waals surface area contributed by atoms with Crippen LogP contribution in [0, 0.1) is 11.8 Å². The fraction of sp³-hybridized carbons (Fsp3) is 0.800. The average Bonchev–Trinajstić information content (AvgIpc) is 2.66. The number of hydrogen-bond acceptors (Lipinski definition) is 8. The van der Waals surface area contributed by atoms with Crippen LogP contribution in [-0.4, -0.2) is 68.5 Å². The van der Waals surface area contributed by atoms with Crippen LogP contribution in [0.25, 0.3) is 0 Å². The number of carbonyl (C=O) groups excluding carboxylic acids is 2. The Kier molecular flexibility index (Phi) is 9.07. The quantitative estimate of drug-likeness (QED) is 0.377. The van der Waals surface area contributed by atoms with Crippen LogP contribution < -0.4 is 0 Å². The fourth-order valence-electron chi connectivity index (χ4n) is 3.38. The number of rotatable bonds is 6. The van der Waals surface area contributed by atoms with Gasteiger partial charge >= 0.3 is 11.9 Å². The third-order valence-electron chi connectivity index (χ3n) is 5.38. The number of esters is 2. The first kappa shape index (κ1) is 24.6. The summed E-state index contributed by atoms with van der Waals surface area (Å²) in [6.45, 7) is 7.64. The zero-order valence-corrected chi connectivity index (χ0v) is 17.2. The summed E-state index contributed by atoms with van der Waals surface area (Å²) in [5.74, 6) is -3.47. The zero-order valence-electron chi connectivity index (χ0n) is 17.2. The van der Waals surface area contributed by atoms with Crippen molar-refractivity contribution in [3.8, 4) is 0 Å². The second-order valence-corrected chi connectivity index (χ2v) is 7.88. The summed E-state index contributed by atoms with van der Waals surface area (Å²) in [5.41, 5.74) is -2.02. The maximum absolute atomic E-state index is 12.2. The molecule has 4 N–H and O–H groups in total. The summed E-state index contributed by atoms with van der Waals surface area (Å²) in [7, 11) is 0. The van der Waals surface area contributed by atoms with Gasteiger partial charge in [-0.15, -0.1) is 0 Å². The number of unbranched alkanes of at least 4 members (excludes halogenated alkanes) is 1. The second kappa shape index (κ2) is 10.3. The lowest BCUT2D eigenvalue weighted by molar-refractivity contribution is -0.180. The van der Waals surface area contributed by atoms with Gasteiger partial charge in [0.25, 0.3) is 0 Å². The van der Waals surface area contributed by atoms with Crippen LogP contribution >= 0.6 is 0 Å². The first-order chi connectivity index (χ1) is 12.9. The van der Waals surface area contributed by atoms with Gasteiger partial charge in [-0.2, -0.15) is 0 Å². The minimum atomic E-state index is -2.02. The molecule has 1 fully saturated rings. The highest BCUT2D eigenvalue weighted by molar-refractivity contribution is 5.82. The monoisotopic (exact) mass is 402 g/mol. The fourth-order valence-corrected chi connectivity index (χ4v) is 3.38. The Morgan fingerprint density at radius 2 is 1.89 bits per heavy atom. The molecule has 28 heavy (non-hydrogen) atoms. The summed E-state index contributed by atoms with van der Waals surface area (Å²) in [6, 6.07) is 0. The minimum absolute atomic E-state index is 0.519. The Morgan fingerprint density at radius 3 is 2.46 bits per heavy atom. The molecule has 0 saturated carbocycles. The Morgan fingerprint density at radius 1 is 1.29 bits per heavy atom. The summed E-state index contributed by atoms with van der Waals surface area (Å²) in [6.07, 6.45) is -1.13. The second-order valence-electron chi connectivity index (χ2n) is 7.88. The van der Waals surface area contributed by atoms with Gasteiger partial charge in [0.1, 0.15) is 17.8 Å². The molecule has 0 bridgehead atoms. The van der Waals surface area contributed by atoms with E-state index < -0.39 is 59.9 Å². The summed E-state index contributed by atoms with van der Waals surface area (Å²) in [5, 5.41) is 41.3. The van der Waals surface area contributed by atoms with Crippen LogP contribution in [-0.2, 0) is 19.1 Å². The van der Waals surface area contributed by atoms with Gasteiger partial charge in [-0.3, -0.25) is 4.79 Å². The van der Waals surface area contributed by atoms with Crippen molar-refractivity contribution in [2.45, 2.75) is 90.0 Å². The highest BCUT2D eigenvalue weighted by Crippen LogP contribution is 2.32. The van der Waals surface area contributed by atoms with Crippen LogP contribution in [0.1, 0.15) is 53.9 Å². The van der Waals surface area contributed by atoms with Crippen LogP contribution in [0.3, 0.4) is 0 Å². The summed E-state index contributed by atoms with van der Waals surface area (Å²) in [4.78, 5) is 24.4. The molecule has 8 nitrogen and oxygen atoms in total. The van der Waals surface area contributed by atoms with E-state index in [2.05, 4.69) is 0 Å². The molecular formula is C20H34O8. The van der Waals surface area contributed by atoms with Gasteiger partial charge in [-0.05, 0) is 33.3 Å². The topological polar surface area (TPSA) is 134 Å². The van der Waals surface area contributed by atoms with Crippen molar-refractivity contribution in [3.63, 3.8) is 0 Å². The number of carbonyl (C=O) groups is 2. The molecule has 1 saturated heterocycles. The smallest absolute Gasteiger partial charge is 0.330 e. The van der Waals surface area contributed by atoms with Crippen molar-refractivity contribution in [1.82, 2.24) is 0 Å². The number of aliphatic hydroxyl groups excluding tert-OH is 3. The van der Waals surface area contributed by atoms with E-state index >= 15 is 0 Å². The SMILES string of the molecule is CCCC[C@@H](O)/C=C\C(=O)O[C@@H]1[C@@H](C)[C@H](O)[C@@](C)(O)[C@H](O)[C@H](C)C(=O)O[C@H]1C. The van der Waals surface area contributed by atoms with Crippen LogP contribution in [0.4, 0.5) is 0 Å². The predicted molar refractivity (Wildman–Crippen MR) is 101 cm³/mol. The summed E-state index contributed by atoms with van der Waals surface area (Å²) >= 11 is 0. The number of hydrogen-bond donors (Lipinski definition) is 4. The van der Waals surface area contributed by atoms with Gasteiger partial charge in [-0.1, -0.05) is 26.7 Å². The standard InChI is InChI=1S/C20H34O8/c1-6-7-8-14(21)9-10-15(22)28-16-11(2)17(23)20(5,26)18(24)12(3)19(25)27-13(16)4/h9-14,16-18,21,23-24,26H,6-8H2,1-5H3/b10-9-/t11-,12+,13+,14-,16-,17+,18-,20-/m1/s1. The number of ether oxygens (including phenoxy) is 2. The lowest BCUT2D eigenvalue weighted by Crippen LogP contribution is -2.57. The Bertz CT molecular complexity index is 558. The molecule has 0 spiro atoms. The molecule has 1 heterocycles. The molecule has 8 heteroatoms. The molecule has 1 aliphatic rings. The van der Waals surface area contributed by atoms with E-state index in [1.54, 1.807) is 0 Å². The molecular weight excluding hydrogens is 368 g/mol. The van der Waals surface area contributed by atoms with Crippen LogP contribution in [0.2, 0.25) is 0 Å². The predicted octanol–water partition coefficient (Wildman–Crippen LogP) is 0.696. The van der Waals surface area contributed by atoms with E-state index in [0.717, 1.165) is 18.9 Å². The first-order valence-electron chi connectivity index (χ1n) is 9.79. The average molecular weight is 402 g/mol. The highest BCUT2D eigenvalue weighted by Gasteiger charge is 2.50. The molecule has 162 valence electrons. The van der Waals surface area contributed by atoms with Gasteiger partial charge in [0, 0.05) is 12.0 Å². The zero-order chi connectivity index (χ0) is 21.6. The van der Waals surface area contributed by atoms with E-state index in [0.29, 0.717) is 6.42 Å². The van der Waals surface area contributed by atoms with Crippen LogP contribution in [0.5, 0.6) is 0 Å². The Hall–Kier alpha value is -1.48. The third kappa shape index (κ3) is 6.01. The van der Waals surface area contributed by atoms with Crippen molar-refractivity contribution >= 4 is 11.9 Å². The lowest BCUT2D eigenvalue weighted by atomic mass is 9.78. The maximum atomic E-state index is 12.2. The molecule has 0 unspecified atom stereocenters. The number of aliphatic hydroxyl groups is 4. The molecule has 1 aliphatic heterocycles. The number of cyclic esters (lactones) is 1. The van der Waals surface area contributed by atoms with E-state index in [4.69, 9.17) is 9.47 Å². The van der Waals surface area contributed by atoms with Crippen molar-refractivity contribution in [3.05, 3.63) is 12.2 Å². The van der Waals surface area contributed by atoms with Crippen molar-refractivity contribution in [1.29, 1.82) is 0 Å². The molecule has 0 aromatic heterocycles. The van der Waals surface area contributed by atoms with Gasteiger partial charge in [0.15, 0.2) is 0 Å². The highest BCUT2D eigenvalue weighted by atomic mass is 16.6. The lowest BCUT2D eigenvalue weighted by Gasteiger charge is -2.39. The van der Waals surface area contributed by atoms with Gasteiger partial charge in [0.05, 0.1) is 24.2 Å². The van der Waals surface area contributed by atoms with E-state index in [1.165, 1.54) is 33.8 Å². The molecule has 1 rings (SSSR count). The largest absolute Gasteiger partial charge is 0.458 e. The molecule has 0 amide bonds. The van der Waals surface area contributed by atoms with Gasteiger partial charge in [-0.25, -0.2) is 4.79 Å². The molecule has 0 aromatic rings. The first-order valence-corrected chi connectivity index (χ1v) is 9.79. The molecule has 0 radical (unpaired) electrons. The minimum Gasteiger partial charge on any atom is -0.458 e. The maximum Gasteiger partial charge on any atom is 0.330 e. The normalized spacial score (nSPS) is 38.2. The van der Waals surface area contributed by atoms with Gasteiger partial charge in [0.2, 0.25) is 0 Å². The Labute approximate surface area is 166 Å². The van der Waals surface area contributed by atoms with E-state index in [9.17, 15) is 30.0 Å². The molecule has 0 aromatic carbocycles. The van der Waals surface area contributed by atoms with E-state index in [-0.39, 0.29) is 0 Å². The van der Waals surface area contributed by atoms with E-state index in [1.807, 2.05) is 6.92 Å². The van der Waals surface area contributed by atoms with Crippen LogP contribution in [0.15, 0.2) is 12.2 Å².